The number of amides is 3. The Morgan fingerprint density at radius 2 is 2.05 bits per heavy atom. The maximum Gasteiger partial charge on any atom is 0.249 e. The minimum absolute atomic E-state index is 0.0259. The van der Waals surface area contributed by atoms with Crippen molar-refractivity contribution in [2.45, 2.75) is 19.4 Å². The summed E-state index contributed by atoms with van der Waals surface area (Å²) < 4.78 is 0. The number of hydrogen-bond acceptors (Lipinski definition) is 4. The van der Waals surface area contributed by atoms with Crippen LogP contribution in [-0.2, 0) is 14.4 Å². The third-order valence-corrected chi connectivity index (χ3v) is 3.54. The van der Waals surface area contributed by atoms with Crippen LogP contribution in [0.1, 0.15) is 13.8 Å². The monoisotopic (exact) mass is 309 g/mol. The largest absolute Gasteiger partial charge is 0.323 e. The molecular weight excluding hydrogens is 294 g/mol. The fraction of sp³-hybridized carbons (Fsp3) is 0.357. The van der Waals surface area contributed by atoms with Gasteiger partial charge in [0.05, 0.1) is 22.8 Å². The average molecular weight is 310 g/mol. The van der Waals surface area contributed by atoms with Gasteiger partial charge in [-0.1, -0.05) is 23.7 Å². The third-order valence-electron chi connectivity index (χ3n) is 3.21. The Morgan fingerprint density at radius 1 is 1.38 bits per heavy atom. The highest BCUT2D eigenvalue weighted by Crippen LogP contribution is 2.20. The summed E-state index contributed by atoms with van der Waals surface area (Å²) in [6, 6.07) is 6.75. The molecule has 112 valence electrons. The van der Waals surface area contributed by atoms with E-state index in [9.17, 15) is 14.4 Å². The van der Waals surface area contributed by atoms with Gasteiger partial charge in [-0.15, -0.1) is 0 Å². The molecule has 1 aromatic rings. The lowest BCUT2D eigenvalue weighted by Crippen LogP contribution is -2.64. The molecule has 3 amide bonds. The van der Waals surface area contributed by atoms with Crippen LogP contribution in [0, 0.1) is 0 Å². The first kappa shape index (κ1) is 15.5. The Bertz CT molecular complexity index is 601. The molecule has 0 atom stereocenters. The van der Waals surface area contributed by atoms with E-state index < -0.39 is 23.3 Å². The number of carbonyl (C=O) groups is 3. The number of nitrogens with one attached hydrogen (secondary N) is 2. The summed E-state index contributed by atoms with van der Waals surface area (Å²) in [7, 11) is 0. The van der Waals surface area contributed by atoms with Gasteiger partial charge >= 0.3 is 0 Å². The Hall–Kier alpha value is -1.92. The van der Waals surface area contributed by atoms with Crippen LogP contribution in [0.5, 0.6) is 0 Å². The molecule has 1 aliphatic heterocycles. The Morgan fingerprint density at radius 3 is 2.71 bits per heavy atom. The van der Waals surface area contributed by atoms with Crippen molar-refractivity contribution in [1.82, 2.24) is 10.2 Å². The predicted molar refractivity (Wildman–Crippen MR) is 78.9 cm³/mol. The molecule has 0 bridgehead atoms. The molecule has 1 aromatic carbocycles. The third kappa shape index (κ3) is 3.40. The van der Waals surface area contributed by atoms with Crippen LogP contribution in [0.4, 0.5) is 5.69 Å². The van der Waals surface area contributed by atoms with Crippen LogP contribution in [-0.4, -0.2) is 41.2 Å². The summed E-state index contributed by atoms with van der Waals surface area (Å²) >= 11 is 5.94. The zero-order valence-electron chi connectivity index (χ0n) is 11.8. The quantitative estimate of drug-likeness (QED) is 0.817. The lowest BCUT2D eigenvalue weighted by atomic mass is 10.0. The Labute approximate surface area is 127 Å². The van der Waals surface area contributed by atoms with Crippen molar-refractivity contribution in [2.75, 3.05) is 18.4 Å². The molecule has 1 aliphatic rings. The van der Waals surface area contributed by atoms with Gasteiger partial charge < -0.3 is 5.32 Å². The molecule has 0 aliphatic carbocycles. The lowest BCUT2D eigenvalue weighted by Gasteiger charge is -2.36. The molecule has 6 nitrogen and oxygen atoms in total. The van der Waals surface area contributed by atoms with E-state index in [1.807, 2.05) is 0 Å². The second-order valence-electron chi connectivity index (χ2n) is 5.29. The molecule has 1 saturated heterocycles. The van der Waals surface area contributed by atoms with Gasteiger partial charge in [0, 0.05) is 0 Å². The standard InChI is InChI=1S/C14H16ClN3O3/c1-14(2)13(21)18(12(20)7-16-14)8-11(19)17-10-6-4-3-5-9(10)15/h3-6,16H,7-8H2,1-2H3,(H,17,19). The molecule has 0 aromatic heterocycles. The molecule has 0 unspecified atom stereocenters. The number of carbonyl (C=O) groups excluding carboxylic acids is 3. The fourth-order valence-electron chi connectivity index (χ4n) is 1.97. The van der Waals surface area contributed by atoms with Crippen molar-refractivity contribution in [3.63, 3.8) is 0 Å². The van der Waals surface area contributed by atoms with Gasteiger partial charge in [-0.2, -0.15) is 0 Å². The number of piperazine rings is 1. The number of anilines is 1. The van der Waals surface area contributed by atoms with Crippen molar-refractivity contribution in [2.24, 2.45) is 0 Å². The number of benzene rings is 1. The van der Waals surface area contributed by atoms with Gasteiger partial charge in [-0.25, -0.2) is 0 Å². The highest BCUT2D eigenvalue weighted by molar-refractivity contribution is 6.33. The van der Waals surface area contributed by atoms with E-state index in [0.29, 0.717) is 10.7 Å². The van der Waals surface area contributed by atoms with Gasteiger partial charge in [-0.05, 0) is 26.0 Å². The lowest BCUT2D eigenvalue weighted by molar-refractivity contribution is -0.154. The summed E-state index contributed by atoms with van der Waals surface area (Å²) in [6.07, 6.45) is 0. The summed E-state index contributed by atoms with van der Waals surface area (Å²) in [6.45, 7) is 3.04. The highest BCUT2D eigenvalue weighted by atomic mass is 35.5. The smallest absolute Gasteiger partial charge is 0.249 e. The number of hydrogen-bond donors (Lipinski definition) is 2. The van der Waals surface area contributed by atoms with Crippen molar-refractivity contribution >= 4 is 35.0 Å². The SMILES string of the molecule is CC1(C)NCC(=O)N(CC(=O)Nc2ccccc2Cl)C1=O. The number of nitrogens with zero attached hydrogens (tertiary/aromatic N) is 1. The molecule has 0 saturated carbocycles. The molecule has 0 radical (unpaired) electrons. The van der Waals surface area contributed by atoms with E-state index in [0.717, 1.165) is 4.90 Å². The molecule has 1 heterocycles. The highest BCUT2D eigenvalue weighted by Gasteiger charge is 2.40. The first-order valence-corrected chi connectivity index (χ1v) is 6.83. The van der Waals surface area contributed by atoms with Crippen LogP contribution in [0.25, 0.3) is 0 Å². The molecule has 7 heteroatoms. The molecule has 0 spiro atoms. The van der Waals surface area contributed by atoms with Crippen LogP contribution in [0.15, 0.2) is 24.3 Å². The average Bonchev–Trinajstić information content (AvgIpc) is 2.42. The zero-order valence-corrected chi connectivity index (χ0v) is 12.5. The second kappa shape index (κ2) is 5.83. The van der Waals surface area contributed by atoms with E-state index >= 15 is 0 Å². The van der Waals surface area contributed by atoms with Crippen LogP contribution in [0.2, 0.25) is 5.02 Å². The Balaban J connectivity index is 2.06. The van der Waals surface area contributed by atoms with Crippen molar-refractivity contribution in [3.05, 3.63) is 29.3 Å². The van der Waals surface area contributed by atoms with Gasteiger partial charge in [0.2, 0.25) is 17.7 Å². The number of rotatable bonds is 3. The Kier molecular flexibility index (Phi) is 4.29. The van der Waals surface area contributed by atoms with E-state index in [2.05, 4.69) is 10.6 Å². The predicted octanol–water partition coefficient (Wildman–Crippen LogP) is 1.02. The van der Waals surface area contributed by atoms with Crippen LogP contribution >= 0.6 is 11.6 Å². The summed E-state index contributed by atoms with van der Waals surface area (Å²) in [5, 5.41) is 5.81. The van der Waals surface area contributed by atoms with Crippen molar-refractivity contribution in [3.8, 4) is 0 Å². The van der Waals surface area contributed by atoms with Gasteiger partial charge in [0.1, 0.15) is 6.54 Å². The molecule has 21 heavy (non-hydrogen) atoms. The number of imide groups is 1. The fourth-order valence-corrected chi connectivity index (χ4v) is 2.16. The van der Waals surface area contributed by atoms with Gasteiger partial charge in [0.25, 0.3) is 0 Å². The van der Waals surface area contributed by atoms with Crippen LogP contribution in [0.3, 0.4) is 0 Å². The van der Waals surface area contributed by atoms with Crippen LogP contribution < -0.4 is 10.6 Å². The summed E-state index contributed by atoms with van der Waals surface area (Å²) in [5.74, 6) is -1.32. The number of halogens is 1. The molecular formula is C14H16ClN3O3. The van der Waals surface area contributed by atoms with E-state index in [-0.39, 0.29) is 13.1 Å². The second-order valence-corrected chi connectivity index (χ2v) is 5.70. The van der Waals surface area contributed by atoms with E-state index in [1.165, 1.54) is 0 Å². The summed E-state index contributed by atoms with van der Waals surface area (Å²) in [4.78, 5) is 36.9. The topological polar surface area (TPSA) is 78.5 Å². The van der Waals surface area contributed by atoms with Crippen molar-refractivity contribution < 1.29 is 14.4 Å². The number of para-hydroxylation sites is 1. The summed E-state index contributed by atoms with van der Waals surface area (Å²) in [5.41, 5.74) is -0.420. The minimum atomic E-state index is -0.863. The maximum atomic E-state index is 12.1. The van der Waals surface area contributed by atoms with Gasteiger partial charge in [-0.3, -0.25) is 24.6 Å². The van der Waals surface area contributed by atoms with Gasteiger partial charge in [0.15, 0.2) is 0 Å². The van der Waals surface area contributed by atoms with E-state index in [1.54, 1.807) is 38.1 Å². The first-order valence-electron chi connectivity index (χ1n) is 6.45. The molecule has 1 fully saturated rings. The normalized spacial score (nSPS) is 17.8. The zero-order chi connectivity index (χ0) is 15.6. The van der Waals surface area contributed by atoms with E-state index in [4.69, 9.17) is 11.6 Å². The van der Waals surface area contributed by atoms with Crippen molar-refractivity contribution in [1.29, 1.82) is 0 Å². The molecule has 2 rings (SSSR count). The maximum absolute atomic E-state index is 12.1. The minimum Gasteiger partial charge on any atom is -0.323 e. The first-order chi connectivity index (χ1) is 9.81. The molecule has 2 N–H and O–H groups in total.